The van der Waals surface area contributed by atoms with Crippen LogP contribution in [-0.4, -0.2) is 11.9 Å². The number of hydrogen-bond donors (Lipinski definition) is 0. The summed E-state index contributed by atoms with van der Waals surface area (Å²) in [5.74, 6) is 0. The largest absolute Gasteiger partial charge is 0.255 e. The van der Waals surface area contributed by atoms with Gasteiger partial charge in [0.25, 0.3) is 0 Å². The molecule has 0 bridgehead atoms. The van der Waals surface area contributed by atoms with Crippen molar-refractivity contribution in [2.45, 2.75) is 161 Å². The summed E-state index contributed by atoms with van der Waals surface area (Å²) in [7, 11) is 0. The average Bonchev–Trinajstić information content (AvgIpc) is 3.04. The zero-order valence-electron chi connectivity index (χ0n) is 28.2. The summed E-state index contributed by atoms with van der Waals surface area (Å²) in [6, 6.07) is 20.2. The Hall–Kier alpha value is -1.99. The van der Waals surface area contributed by atoms with Gasteiger partial charge in [-0.2, -0.15) is 0 Å². The van der Waals surface area contributed by atoms with Crippen molar-refractivity contribution >= 4 is 23.3 Å². The second-order valence-corrected chi connectivity index (χ2v) is 12.4. The molecule has 0 spiro atoms. The first-order chi connectivity index (χ1) is 21.4. The minimum Gasteiger partial charge on any atom is -0.255 e. The molecule has 0 saturated carbocycles. The average molecular weight is 644 g/mol. The van der Waals surface area contributed by atoms with Crippen molar-refractivity contribution in [3.8, 4) is 0 Å². The second kappa shape index (κ2) is 31.0. The van der Waals surface area contributed by atoms with Crippen LogP contribution in [0.4, 0.5) is 11.4 Å². The standard InChI is InChI=1S/C41H64N2.Ni/c1-2-3-4-5-6-7-8-9-10-11-12-13-14-15-16-17-18-19-20-21-22-23-24-25-28-37-41(43-40-35-31-27-32-36-40)38-42-39-33-29-26-30-34-39;/h26-38H,2-25H2,1H3;/b37-28+,42-38+,43-41+;. The molecular weight excluding hydrogens is 579 g/mol. The van der Waals surface area contributed by atoms with E-state index in [1.165, 1.54) is 148 Å². The van der Waals surface area contributed by atoms with Gasteiger partial charge in [-0.25, -0.2) is 4.99 Å². The molecule has 2 aromatic carbocycles. The quantitative estimate of drug-likeness (QED) is 0.0501. The smallest absolute Gasteiger partial charge is 0.0816 e. The summed E-state index contributed by atoms with van der Waals surface area (Å²) in [4.78, 5) is 9.39. The van der Waals surface area contributed by atoms with Gasteiger partial charge in [0, 0.05) is 16.5 Å². The molecule has 2 aromatic rings. The van der Waals surface area contributed by atoms with E-state index in [4.69, 9.17) is 4.99 Å². The SMILES string of the molecule is CCCCCCCCCCCCCCCCCCCCCCCCC/C=C/C(/C=N/c1ccccc1)=N\c1ccccc1.[Ni]. The molecule has 0 aliphatic rings. The van der Waals surface area contributed by atoms with Gasteiger partial charge in [-0.05, 0) is 43.2 Å². The van der Waals surface area contributed by atoms with Crippen LogP contribution in [-0.2, 0) is 16.5 Å². The van der Waals surface area contributed by atoms with Gasteiger partial charge in [-0.3, -0.25) is 4.99 Å². The van der Waals surface area contributed by atoms with E-state index in [9.17, 15) is 0 Å². The molecule has 248 valence electrons. The summed E-state index contributed by atoms with van der Waals surface area (Å²) in [6.07, 6.45) is 40.3. The summed E-state index contributed by atoms with van der Waals surface area (Å²) in [6.45, 7) is 2.30. The van der Waals surface area contributed by atoms with Crippen molar-refractivity contribution < 1.29 is 16.5 Å². The van der Waals surface area contributed by atoms with Gasteiger partial charge in [-0.15, -0.1) is 0 Å². The van der Waals surface area contributed by atoms with Gasteiger partial charge < -0.3 is 0 Å². The summed E-state index contributed by atoms with van der Waals surface area (Å²) in [5, 5.41) is 0. The van der Waals surface area contributed by atoms with E-state index in [-0.39, 0.29) is 16.5 Å². The maximum atomic E-state index is 4.78. The van der Waals surface area contributed by atoms with Gasteiger partial charge >= 0.3 is 0 Å². The van der Waals surface area contributed by atoms with Crippen LogP contribution in [0.3, 0.4) is 0 Å². The minimum atomic E-state index is 0. The number of aliphatic imine (C=N–C) groups is 2. The summed E-state index contributed by atoms with van der Waals surface area (Å²) in [5.41, 5.74) is 2.80. The molecule has 0 heterocycles. The topological polar surface area (TPSA) is 24.7 Å². The van der Waals surface area contributed by atoms with Crippen LogP contribution in [0, 0.1) is 0 Å². The number of nitrogens with zero attached hydrogens (tertiary/aromatic N) is 2. The third kappa shape index (κ3) is 24.3. The summed E-state index contributed by atoms with van der Waals surface area (Å²) >= 11 is 0. The van der Waals surface area contributed by atoms with E-state index in [0.29, 0.717) is 0 Å². The Morgan fingerprint density at radius 3 is 1.25 bits per heavy atom. The van der Waals surface area contributed by atoms with Crippen LogP contribution in [0.25, 0.3) is 0 Å². The molecule has 0 aliphatic carbocycles. The molecule has 0 unspecified atom stereocenters. The molecular formula is C41H64N2Ni. The fourth-order valence-corrected chi connectivity index (χ4v) is 5.67. The fourth-order valence-electron chi connectivity index (χ4n) is 5.67. The molecule has 2 nitrogen and oxygen atoms in total. The van der Waals surface area contributed by atoms with Crippen LogP contribution in [0.15, 0.2) is 82.8 Å². The molecule has 3 heteroatoms. The molecule has 0 aromatic heterocycles. The van der Waals surface area contributed by atoms with E-state index < -0.39 is 0 Å². The molecule has 0 fully saturated rings. The van der Waals surface area contributed by atoms with Crippen molar-refractivity contribution in [2.75, 3.05) is 0 Å². The molecule has 0 N–H and O–H groups in total. The van der Waals surface area contributed by atoms with Gasteiger partial charge in [0.1, 0.15) is 0 Å². The molecule has 0 atom stereocenters. The molecule has 0 saturated heterocycles. The van der Waals surface area contributed by atoms with Crippen molar-refractivity contribution in [3.05, 3.63) is 72.8 Å². The Morgan fingerprint density at radius 1 is 0.477 bits per heavy atom. The number of benzene rings is 2. The Bertz CT molecular complexity index is 951. The predicted molar refractivity (Wildman–Crippen MR) is 194 cm³/mol. The third-order valence-electron chi connectivity index (χ3n) is 8.38. The van der Waals surface area contributed by atoms with E-state index >= 15 is 0 Å². The van der Waals surface area contributed by atoms with Crippen LogP contribution in [0.1, 0.15) is 161 Å². The fraction of sp³-hybridized carbons (Fsp3) is 0.610. The maximum absolute atomic E-state index is 4.78. The van der Waals surface area contributed by atoms with E-state index in [2.05, 4.69) is 24.1 Å². The normalized spacial score (nSPS) is 11.9. The van der Waals surface area contributed by atoms with Crippen LogP contribution < -0.4 is 0 Å². The zero-order valence-corrected chi connectivity index (χ0v) is 29.2. The van der Waals surface area contributed by atoms with Crippen LogP contribution >= 0.6 is 0 Å². The third-order valence-corrected chi connectivity index (χ3v) is 8.38. The van der Waals surface area contributed by atoms with Crippen molar-refractivity contribution in [3.63, 3.8) is 0 Å². The Balaban J connectivity index is 0.00000968. The molecule has 0 aliphatic heterocycles. The number of hydrogen-bond acceptors (Lipinski definition) is 2. The van der Waals surface area contributed by atoms with Crippen molar-refractivity contribution in [1.29, 1.82) is 0 Å². The Labute approximate surface area is 282 Å². The first-order valence-electron chi connectivity index (χ1n) is 18.3. The minimum absolute atomic E-state index is 0. The number of rotatable bonds is 28. The molecule has 0 radical (unpaired) electrons. The van der Waals surface area contributed by atoms with Crippen molar-refractivity contribution in [2.24, 2.45) is 9.98 Å². The number of para-hydroxylation sites is 2. The second-order valence-electron chi connectivity index (χ2n) is 12.4. The molecule has 2 rings (SSSR count). The van der Waals surface area contributed by atoms with E-state index in [0.717, 1.165) is 23.5 Å². The Morgan fingerprint density at radius 2 is 0.841 bits per heavy atom. The van der Waals surface area contributed by atoms with Crippen LogP contribution in [0.2, 0.25) is 0 Å². The van der Waals surface area contributed by atoms with Crippen molar-refractivity contribution in [1.82, 2.24) is 0 Å². The van der Waals surface area contributed by atoms with E-state index in [1.54, 1.807) is 0 Å². The van der Waals surface area contributed by atoms with Crippen LogP contribution in [0.5, 0.6) is 0 Å². The van der Waals surface area contributed by atoms with Gasteiger partial charge in [0.2, 0.25) is 0 Å². The molecule has 44 heavy (non-hydrogen) atoms. The predicted octanol–water partition coefficient (Wildman–Crippen LogP) is 14.1. The van der Waals surface area contributed by atoms with Gasteiger partial charge in [0.05, 0.1) is 23.3 Å². The maximum Gasteiger partial charge on any atom is 0.0816 e. The first-order valence-corrected chi connectivity index (χ1v) is 18.3. The van der Waals surface area contributed by atoms with Gasteiger partial charge in [0.15, 0.2) is 0 Å². The van der Waals surface area contributed by atoms with E-state index in [1.807, 2.05) is 66.9 Å². The first kappa shape index (κ1) is 40.0. The Kier molecular flexibility index (Phi) is 28.2. The molecule has 0 amide bonds. The number of unbranched alkanes of at least 4 members (excludes halogenated alkanes) is 23. The summed E-state index contributed by atoms with van der Waals surface area (Å²) < 4.78 is 0. The monoisotopic (exact) mass is 642 g/mol. The van der Waals surface area contributed by atoms with Gasteiger partial charge in [-0.1, -0.05) is 191 Å². The zero-order chi connectivity index (χ0) is 30.3. The number of allylic oxidation sites excluding steroid dienone is 2.